The number of amides is 1. The van der Waals surface area contributed by atoms with E-state index < -0.39 is 41.5 Å². The molecule has 2 atom stereocenters. The summed E-state index contributed by atoms with van der Waals surface area (Å²) in [6.45, 7) is 0.990. The third-order valence-electron chi connectivity index (χ3n) is 6.53. The topological polar surface area (TPSA) is 186 Å². The van der Waals surface area contributed by atoms with Crippen molar-refractivity contribution < 1.29 is 44.7 Å². The number of hydrogen-bond acceptors (Lipinski definition) is 9. The molecule has 1 aliphatic rings. The second-order valence-electron chi connectivity index (χ2n) is 9.20. The van der Waals surface area contributed by atoms with Crippen LogP contribution in [0, 0.1) is 0 Å². The van der Waals surface area contributed by atoms with E-state index in [1.54, 1.807) is 0 Å². The second-order valence-corrected chi connectivity index (χ2v) is 9.20. The van der Waals surface area contributed by atoms with E-state index in [2.05, 4.69) is 10.6 Å². The fourth-order valence-corrected chi connectivity index (χ4v) is 4.45. The quantitative estimate of drug-likeness (QED) is 0.221. The fraction of sp³-hybridized carbons (Fsp3) is 0.250. The van der Waals surface area contributed by atoms with Gasteiger partial charge in [-0.3, -0.25) is 4.79 Å². The standard InChI is InChI=1S/C28H28N2O9/c31-17-8-6-15(7-9-17)26(35)30-21-14-29-10-2-5-25(21)39-28(38)16-11-23(33)20(24(34)12-16)13-19-18(27(36)37)3-1-4-22(19)32/h1,3-4,6-9,11-12,21,25,29,31-34H,2,5,10,13-14H2,(H,30,35)(H,36,37)/t21?,25-/m1/s1. The van der Waals surface area contributed by atoms with Gasteiger partial charge in [0, 0.05) is 29.7 Å². The van der Waals surface area contributed by atoms with Crippen molar-refractivity contribution in [1.82, 2.24) is 10.6 Å². The summed E-state index contributed by atoms with van der Waals surface area (Å²) < 4.78 is 5.69. The lowest BCUT2D eigenvalue weighted by Crippen LogP contribution is -2.49. The van der Waals surface area contributed by atoms with Crippen molar-refractivity contribution in [3.05, 3.63) is 82.4 Å². The van der Waals surface area contributed by atoms with Gasteiger partial charge in [0.25, 0.3) is 5.91 Å². The van der Waals surface area contributed by atoms with Crippen molar-refractivity contribution in [2.24, 2.45) is 0 Å². The van der Waals surface area contributed by atoms with Gasteiger partial charge < -0.3 is 40.9 Å². The van der Waals surface area contributed by atoms with Gasteiger partial charge in [-0.05, 0) is 67.9 Å². The lowest BCUT2D eigenvalue weighted by Gasteiger charge is -2.26. The number of aromatic hydroxyl groups is 4. The number of benzene rings is 3. The van der Waals surface area contributed by atoms with E-state index in [0.717, 1.165) is 12.1 Å². The van der Waals surface area contributed by atoms with E-state index in [9.17, 15) is 39.9 Å². The zero-order valence-electron chi connectivity index (χ0n) is 20.8. The van der Waals surface area contributed by atoms with Gasteiger partial charge in [-0.1, -0.05) is 6.07 Å². The maximum atomic E-state index is 13.0. The third-order valence-corrected chi connectivity index (χ3v) is 6.53. The predicted molar refractivity (Wildman–Crippen MR) is 138 cm³/mol. The van der Waals surface area contributed by atoms with Gasteiger partial charge in [-0.25, -0.2) is 9.59 Å². The van der Waals surface area contributed by atoms with E-state index in [1.165, 1.54) is 42.5 Å². The van der Waals surface area contributed by atoms with E-state index in [1.807, 2.05) is 0 Å². The molecule has 204 valence electrons. The van der Waals surface area contributed by atoms with Gasteiger partial charge in [0.15, 0.2) is 0 Å². The number of nitrogens with one attached hydrogen (secondary N) is 2. The summed E-state index contributed by atoms with van der Waals surface area (Å²) in [5, 5.41) is 56.2. The molecule has 1 fully saturated rings. The Hall–Kier alpha value is -4.77. The molecule has 1 aliphatic heterocycles. The SMILES string of the molecule is O=C(NC1CNCCC[C@H]1OC(=O)c1cc(O)c(Cc2c(O)cccc2C(=O)O)c(O)c1)c1ccc(O)cc1. The summed E-state index contributed by atoms with van der Waals surface area (Å²) in [5.74, 6) is -3.80. The molecule has 11 heteroatoms. The number of ether oxygens (including phenoxy) is 1. The largest absolute Gasteiger partial charge is 0.508 e. The van der Waals surface area contributed by atoms with Crippen LogP contribution < -0.4 is 10.6 Å². The summed E-state index contributed by atoms with van der Waals surface area (Å²) in [6.07, 6.45) is 0.101. The van der Waals surface area contributed by atoms with Crippen LogP contribution in [0.3, 0.4) is 0 Å². The van der Waals surface area contributed by atoms with Gasteiger partial charge in [-0.15, -0.1) is 0 Å². The highest BCUT2D eigenvalue weighted by atomic mass is 16.5. The summed E-state index contributed by atoms with van der Waals surface area (Å²) in [5.41, 5.74) is -0.106. The van der Waals surface area contributed by atoms with Crippen LogP contribution in [0.2, 0.25) is 0 Å². The Morgan fingerprint density at radius 3 is 2.26 bits per heavy atom. The highest BCUT2D eigenvalue weighted by molar-refractivity contribution is 5.95. The molecule has 4 rings (SSSR count). The number of carbonyl (C=O) groups excluding carboxylic acids is 2. The van der Waals surface area contributed by atoms with Crippen LogP contribution in [-0.4, -0.2) is 68.6 Å². The van der Waals surface area contributed by atoms with Crippen LogP contribution in [0.15, 0.2) is 54.6 Å². The summed E-state index contributed by atoms with van der Waals surface area (Å²) in [7, 11) is 0. The number of hydrogen-bond donors (Lipinski definition) is 7. The number of phenolic OH excluding ortho intramolecular Hbond substituents is 4. The van der Waals surface area contributed by atoms with Crippen LogP contribution in [0.5, 0.6) is 23.0 Å². The predicted octanol–water partition coefficient (Wildman–Crippen LogP) is 2.51. The Kier molecular flexibility index (Phi) is 8.21. The minimum absolute atomic E-state index is 0.0101. The number of carbonyl (C=O) groups is 3. The van der Waals surface area contributed by atoms with E-state index in [-0.39, 0.29) is 40.2 Å². The first kappa shape index (κ1) is 27.3. The number of phenols is 4. The molecule has 0 bridgehead atoms. The van der Waals surface area contributed by atoms with Gasteiger partial charge in [0.1, 0.15) is 29.1 Å². The normalized spacial score (nSPS) is 17.1. The number of rotatable bonds is 7. The first-order chi connectivity index (χ1) is 18.6. The van der Waals surface area contributed by atoms with Crippen LogP contribution in [0.4, 0.5) is 0 Å². The first-order valence-electron chi connectivity index (χ1n) is 12.2. The fourth-order valence-electron chi connectivity index (χ4n) is 4.45. The molecule has 3 aromatic rings. The van der Waals surface area contributed by atoms with E-state index in [4.69, 9.17) is 4.74 Å². The highest BCUT2D eigenvalue weighted by Gasteiger charge is 2.30. The Bertz CT molecular complexity index is 1370. The molecular formula is C28H28N2O9. The van der Waals surface area contributed by atoms with Crippen LogP contribution in [0.25, 0.3) is 0 Å². The van der Waals surface area contributed by atoms with Crippen molar-refractivity contribution >= 4 is 17.8 Å². The van der Waals surface area contributed by atoms with E-state index >= 15 is 0 Å². The molecule has 1 heterocycles. The smallest absolute Gasteiger partial charge is 0.338 e. The first-order valence-corrected chi connectivity index (χ1v) is 12.2. The molecule has 11 nitrogen and oxygen atoms in total. The molecule has 0 aliphatic carbocycles. The maximum Gasteiger partial charge on any atom is 0.338 e. The molecule has 0 saturated carbocycles. The van der Waals surface area contributed by atoms with Crippen molar-refractivity contribution in [2.45, 2.75) is 31.4 Å². The molecular weight excluding hydrogens is 508 g/mol. The van der Waals surface area contributed by atoms with Gasteiger partial charge >= 0.3 is 11.9 Å². The average Bonchev–Trinajstić information content (AvgIpc) is 3.11. The molecule has 0 radical (unpaired) electrons. The zero-order chi connectivity index (χ0) is 28.1. The third kappa shape index (κ3) is 6.39. The molecule has 7 N–H and O–H groups in total. The number of esters is 1. The second kappa shape index (κ2) is 11.7. The minimum atomic E-state index is -1.29. The van der Waals surface area contributed by atoms with Crippen molar-refractivity contribution in [2.75, 3.05) is 13.1 Å². The Morgan fingerprint density at radius 1 is 0.897 bits per heavy atom. The number of aromatic carboxylic acids is 1. The Balaban J connectivity index is 1.51. The lowest BCUT2D eigenvalue weighted by atomic mass is 9.96. The van der Waals surface area contributed by atoms with Gasteiger partial charge in [0.2, 0.25) is 0 Å². The molecule has 3 aromatic carbocycles. The van der Waals surface area contributed by atoms with Crippen molar-refractivity contribution in [3.8, 4) is 23.0 Å². The van der Waals surface area contributed by atoms with Crippen LogP contribution >= 0.6 is 0 Å². The van der Waals surface area contributed by atoms with Gasteiger partial charge in [0.05, 0.1) is 17.2 Å². The summed E-state index contributed by atoms with van der Waals surface area (Å²) >= 11 is 0. The summed E-state index contributed by atoms with van der Waals surface area (Å²) in [4.78, 5) is 37.3. The van der Waals surface area contributed by atoms with E-state index in [0.29, 0.717) is 31.5 Å². The highest BCUT2D eigenvalue weighted by Crippen LogP contribution is 2.35. The molecule has 1 unspecified atom stereocenters. The summed E-state index contributed by atoms with van der Waals surface area (Å²) in [6, 6.07) is 11.3. The molecule has 1 amide bonds. The monoisotopic (exact) mass is 536 g/mol. The average molecular weight is 537 g/mol. The minimum Gasteiger partial charge on any atom is -0.508 e. The molecule has 1 saturated heterocycles. The number of carboxylic acids is 1. The lowest BCUT2D eigenvalue weighted by molar-refractivity contribution is 0.0191. The Labute approximate surface area is 223 Å². The van der Waals surface area contributed by atoms with Gasteiger partial charge in [-0.2, -0.15) is 0 Å². The van der Waals surface area contributed by atoms with Crippen LogP contribution in [-0.2, 0) is 11.2 Å². The molecule has 39 heavy (non-hydrogen) atoms. The zero-order valence-corrected chi connectivity index (χ0v) is 20.8. The molecule has 0 spiro atoms. The van der Waals surface area contributed by atoms with Crippen molar-refractivity contribution in [1.29, 1.82) is 0 Å². The van der Waals surface area contributed by atoms with Crippen molar-refractivity contribution in [3.63, 3.8) is 0 Å². The number of carboxylic acid groups (broad SMARTS) is 1. The maximum absolute atomic E-state index is 13.0. The molecule has 0 aromatic heterocycles. The Morgan fingerprint density at radius 2 is 1.59 bits per heavy atom. The van der Waals surface area contributed by atoms with Crippen LogP contribution in [0.1, 0.15) is 55.0 Å².